The van der Waals surface area contributed by atoms with E-state index in [9.17, 15) is 9.59 Å². The number of cyclic esters (lactones) is 1. The molecule has 0 fully saturated rings. The van der Waals surface area contributed by atoms with Crippen molar-refractivity contribution in [3.8, 4) is 0 Å². The van der Waals surface area contributed by atoms with Gasteiger partial charge in [0.1, 0.15) is 6.61 Å². The van der Waals surface area contributed by atoms with Crippen molar-refractivity contribution in [2.24, 2.45) is 0 Å². The summed E-state index contributed by atoms with van der Waals surface area (Å²) in [4.78, 5) is 24.5. The van der Waals surface area contributed by atoms with Crippen molar-refractivity contribution >= 4 is 11.9 Å². The third-order valence-electron chi connectivity index (χ3n) is 3.84. The lowest BCUT2D eigenvalue weighted by atomic mass is 9.81. The summed E-state index contributed by atoms with van der Waals surface area (Å²) < 4.78 is 10.3. The Morgan fingerprint density at radius 2 is 2.09 bits per heavy atom. The van der Waals surface area contributed by atoms with Crippen LogP contribution in [0.1, 0.15) is 25.3 Å². The van der Waals surface area contributed by atoms with Gasteiger partial charge in [0, 0.05) is 5.70 Å². The second-order valence-corrected chi connectivity index (χ2v) is 5.20. The lowest BCUT2D eigenvalue weighted by Gasteiger charge is -2.27. The lowest BCUT2D eigenvalue weighted by Crippen LogP contribution is -2.30. The van der Waals surface area contributed by atoms with Gasteiger partial charge in [0.2, 0.25) is 0 Å². The first-order chi connectivity index (χ1) is 10.6. The molecular formula is C17H17NO4. The minimum atomic E-state index is -0.452. The lowest BCUT2D eigenvalue weighted by molar-refractivity contribution is -0.138. The van der Waals surface area contributed by atoms with Crippen LogP contribution < -0.4 is 5.32 Å². The Kier molecular flexibility index (Phi) is 3.71. The SMILES string of the molecule is CCOC(=O)C1=C(C)NC2=C(C(=O)OC2)[C@@H]1c1ccccc1. The van der Waals surface area contributed by atoms with E-state index in [-0.39, 0.29) is 19.2 Å². The number of dihydropyridines is 1. The van der Waals surface area contributed by atoms with E-state index in [0.29, 0.717) is 16.8 Å². The van der Waals surface area contributed by atoms with Gasteiger partial charge in [-0.15, -0.1) is 0 Å². The zero-order chi connectivity index (χ0) is 15.7. The van der Waals surface area contributed by atoms with Crippen LogP contribution >= 0.6 is 0 Å². The highest BCUT2D eigenvalue weighted by molar-refractivity contribution is 6.01. The zero-order valence-electron chi connectivity index (χ0n) is 12.5. The van der Waals surface area contributed by atoms with E-state index in [2.05, 4.69) is 5.32 Å². The molecule has 22 heavy (non-hydrogen) atoms. The molecule has 0 bridgehead atoms. The van der Waals surface area contributed by atoms with Crippen LogP contribution in [0, 0.1) is 0 Å². The van der Waals surface area contributed by atoms with Crippen LogP contribution in [0.4, 0.5) is 0 Å². The fourth-order valence-corrected chi connectivity index (χ4v) is 2.93. The van der Waals surface area contributed by atoms with Crippen molar-refractivity contribution in [3.05, 3.63) is 58.4 Å². The molecule has 0 saturated heterocycles. The van der Waals surface area contributed by atoms with Gasteiger partial charge in [-0.05, 0) is 19.4 Å². The van der Waals surface area contributed by atoms with Crippen molar-refractivity contribution < 1.29 is 19.1 Å². The first kappa shape index (κ1) is 14.4. The zero-order valence-corrected chi connectivity index (χ0v) is 12.5. The molecule has 1 atom stereocenters. The van der Waals surface area contributed by atoms with Gasteiger partial charge in [-0.2, -0.15) is 0 Å². The van der Waals surface area contributed by atoms with Crippen LogP contribution in [0.5, 0.6) is 0 Å². The number of esters is 2. The van der Waals surface area contributed by atoms with Gasteiger partial charge in [-0.1, -0.05) is 30.3 Å². The van der Waals surface area contributed by atoms with Crippen LogP contribution in [-0.2, 0) is 19.1 Å². The molecule has 0 aromatic heterocycles. The van der Waals surface area contributed by atoms with E-state index in [4.69, 9.17) is 9.47 Å². The second kappa shape index (κ2) is 5.67. The van der Waals surface area contributed by atoms with Crippen LogP contribution in [0.2, 0.25) is 0 Å². The molecule has 2 heterocycles. The van der Waals surface area contributed by atoms with Crippen LogP contribution in [0.25, 0.3) is 0 Å². The fraction of sp³-hybridized carbons (Fsp3) is 0.294. The number of carbonyl (C=O) groups excluding carboxylic acids is 2. The normalized spacial score (nSPS) is 20.5. The molecule has 1 N–H and O–H groups in total. The number of rotatable bonds is 3. The Bertz CT molecular complexity index is 688. The molecule has 0 aliphatic carbocycles. The summed E-state index contributed by atoms with van der Waals surface area (Å²) in [6.45, 7) is 4.07. The molecule has 0 saturated carbocycles. The predicted octanol–water partition coefficient (Wildman–Crippen LogP) is 2.02. The molecule has 114 valence electrons. The topological polar surface area (TPSA) is 64.6 Å². The third-order valence-corrected chi connectivity index (χ3v) is 3.84. The quantitative estimate of drug-likeness (QED) is 0.865. The Morgan fingerprint density at radius 3 is 2.77 bits per heavy atom. The van der Waals surface area contributed by atoms with Gasteiger partial charge in [-0.3, -0.25) is 0 Å². The molecule has 0 spiro atoms. The van der Waals surface area contributed by atoms with Crippen molar-refractivity contribution in [1.29, 1.82) is 0 Å². The molecule has 0 unspecified atom stereocenters. The highest BCUT2D eigenvalue weighted by Crippen LogP contribution is 2.41. The average molecular weight is 299 g/mol. The molecule has 5 heteroatoms. The number of hydrogen-bond donors (Lipinski definition) is 1. The summed E-state index contributed by atoms with van der Waals surface area (Å²) in [5, 5.41) is 3.11. The first-order valence-corrected chi connectivity index (χ1v) is 7.23. The monoisotopic (exact) mass is 299 g/mol. The summed E-state index contributed by atoms with van der Waals surface area (Å²) in [5.74, 6) is -1.25. The Morgan fingerprint density at radius 1 is 1.36 bits per heavy atom. The van der Waals surface area contributed by atoms with E-state index in [1.165, 1.54) is 0 Å². The maximum absolute atomic E-state index is 12.4. The standard InChI is InChI=1S/C17H17NO4/c1-3-21-16(19)13-10(2)18-12-9-22-17(20)15(12)14(13)11-7-5-4-6-8-11/h4-8,14,18H,3,9H2,1-2H3/t14-/m1/s1. The van der Waals surface area contributed by atoms with Crippen molar-refractivity contribution in [2.45, 2.75) is 19.8 Å². The van der Waals surface area contributed by atoms with Gasteiger partial charge < -0.3 is 14.8 Å². The van der Waals surface area contributed by atoms with Gasteiger partial charge >= 0.3 is 11.9 Å². The van der Waals surface area contributed by atoms with E-state index in [0.717, 1.165) is 11.3 Å². The first-order valence-electron chi connectivity index (χ1n) is 7.23. The highest BCUT2D eigenvalue weighted by Gasteiger charge is 2.41. The Balaban J connectivity index is 2.13. The summed E-state index contributed by atoms with van der Waals surface area (Å²) in [7, 11) is 0. The summed E-state index contributed by atoms with van der Waals surface area (Å²) in [5.41, 5.74) is 3.26. The maximum atomic E-state index is 12.4. The van der Waals surface area contributed by atoms with Crippen molar-refractivity contribution in [3.63, 3.8) is 0 Å². The summed E-state index contributed by atoms with van der Waals surface area (Å²) in [6.07, 6.45) is 0. The van der Waals surface area contributed by atoms with E-state index < -0.39 is 11.9 Å². The second-order valence-electron chi connectivity index (χ2n) is 5.20. The molecule has 5 nitrogen and oxygen atoms in total. The number of hydrogen-bond acceptors (Lipinski definition) is 5. The predicted molar refractivity (Wildman–Crippen MR) is 79.6 cm³/mol. The van der Waals surface area contributed by atoms with Gasteiger partial charge in [0.15, 0.2) is 0 Å². The molecule has 1 aromatic rings. The summed E-state index contributed by atoms with van der Waals surface area (Å²) in [6, 6.07) is 9.47. The molecule has 3 rings (SSSR count). The molecule has 2 aliphatic heterocycles. The Hall–Kier alpha value is -2.56. The highest BCUT2D eigenvalue weighted by atomic mass is 16.5. The molecule has 2 aliphatic rings. The van der Waals surface area contributed by atoms with Crippen molar-refractivity contribution in [2.75, 3.05) is 13.2 Å². The smallest absolute Gasteiger partial charge is 0.337 e. The molecule has 0 radical (unpaired) electrons. The Labute approximate surface area is 128 Å². The minimum Gasteiger partial charge on any atom is -0.463 e. The van der Waals surface area contributed by atoms with Crippen molar-refractivity contribution in [1.82, 2.24) is 5.32 Å². The van der Waals surface area contributed by atoms with E-state index >= 15 is 0 Å². The van der Waals surface area contributed by atoms with Crippen LogP contribution in [-0.4, -0.2) is 25.2 Å². The minimum absolute atomic E-state index is 0.213. The van der Waals surface area contributed by atoms with E-state index in [1.807, 2.05) is 37.3 Å². The summed E-state index contributed by atoms with van der Waals surface area (Å²) >= 11 is 0. The molecule has 1 aromatic carbocycles. The number of allylic oxidation sites excluding steroid dienone is 1. The van der Waals surface area contributed by atoms with Gasteiger partial charge in [0.25, 0.3) is 0 Å². The molecule has 0 amide bonds. The maximum Gasteiger partial charge on any atom is 0.337 e. The average Bonchev–Trinajstić information content (AvgIpc) is 2.88. The third kappa shape index (κ3) is 2.28. The van der Waals surface area contributed by atoms with Crippen LogP contribution in [0.15, 0.2) is 52.9 Å². The van der Waals surface area contributed by atoms with Gasteiger partial charge in [0.05, 0.1) is 29.4 Å². The molecular weight excluding hydrogens is 282 g/mol. The van der Waals surface area contributed by atoms with Crippen LogP contribution in [0.3, 0.4) is 0 Å². The number of benzene rings is 1. The number of carbonyl (C=O) groups is 2. The van der Waals surface area contributed by atoms with E-state index in [1.54, 1.807) is 6.92 Å². The number of nitrogens with one attached hydrogen (secondary N) is 1. The fourth-order valence-electron chi connectivity index (χ4n) is 2.93. The van der Waals surface area contributed by atoms with Gasteiger partial charge in [-0.25, -0.2) is 9.59 Å². The largest absolute Gasteiger partial charge is 0.463 e. The number of ether oxygens (including phenoxy) is 2.